The van der Waals surface area contributed by atoms with E-state index in [0.29, 0.717) is 0 Å². The molecule has 0 N–H and O–H groups in total. The summed E-state index contributed by atoms with van der Waals surface area (Å²) in [5.74, 6) is 0. The van der Waals surface area contributed by atoms with Crippen LogP contribution in [0.2, 0.25) is 0 Å². The van der Waals surface area contributed by atoms with Crippen LogP contribution in [0.4, 0.5) is 0 Å². The molecule has 4 rings (SSSR count). The molecular weight excluding hydrogens is 555 g/mol. The van der Waals surface area contributed by atoms with E-state index in [1.54, 1.807) is 0 Å². The summed E-state index contributed by atoms with van der Waals surface area (Å²) in [4.78, 5) is 0. The zero-order chi connectivity index (χ0) is 16.2. The Labute approximate surface area is 237 Å². The van der Waals surface area contributed by atoms with Crippen molar-refractivity contribution in [3.8, 4) is 33.4 Å². The average Bonchev–Trinajstić information content (AvgIpc) is 2.69. The van der Waals surface area contributed by atoms with Gasteiger partial charge >= 0.3 is 0 Å². The number of hydrogen-bond donors (Lipinski definition) is 0. The first-order valence-electron chi connectivity index (χ1n) is 7.72. The van der Waals surface area contributed by atoms with E-state index in [4.69, 9.17) is 0 Å². The van der Waals surface area contributed by atoms with E-state index in [1.807, 2.05) is 72.8 Å². The third-order valence-electron chi connectivity index (χ3n) is 3.78. The number of benzene rings is 4. The molecule has 123 valence electrons. The first kappa shape index (κ1) is 25.2. The van der Waals surface area contributed by atoms with Gasteiger partial charge in [0, 0.05) is 98.1 Å². The summed E-state index contributed by atoms with van der Waals surface area (Å²) in [5.41, 5.74) is 5.87. The Morgan fingerprint density at radius 1 is 0.407 bits per heavy atom. The fourth-order valence-corrected chi connectivity index (χ4v) is 2.61. The van der Waals surface area contributed by atoms with E-state index < -0.39 is 0 Å². The Balaban J connectivity index is 0.00000121. The van der Waals surface area contributed by atoms with E-state index in [-0.39, 0.29) is 98.1 Å². The van der Waals surface area contributed by atoms with Crippen LogP contribution in [0.15, 0.2) is 72.8 Å². The summed E-state index contributed by atoms with van der Waals surface area (Å²) >= 11 is 0. The second kappa shape index (κ2) is 12.7. The van der Waals surface area contributed by atoms with Crippen LogP contribution in [0.5, 0.6) is 0 Å². The Hall–Kier alpha value is 0.192. The molecule has 0 spiro atoms. The van der Waals surface area contributed by atoms with Crippen LogP contribution in [0.1, 0.15) is 0 Å². The Morgan fingerprint density at radius 3 is 1.44 bits per heavy atom. The summed E-state index contributed by atoms with van der Waals surface area (Å²) in [7, 11) is 0. The van der Waals surface area contributed by atoms with E-state index in [9.17, 15) is 0 Å². The zero-order valence-electron chi connectivity index (χ0n) is 14.7. The van der Waals surface area contributed by atoms with Gasteiger partial charge in [0.15, 0.2) is 0 Å². The largest absolute Gasteiger partial charge is 0.249 e. The summed E-state index contributed by atoms with van der Waals surface area (Å²) in [6, 6.07) is 43.1. The quantitative estimate of drug-likeness (QED) is 0.288. The third-order valence-corrected chi connectivity index (χ3v) is 3.78. The Bertz CT molecular complexity index is 934. The molecule has 4 aromatic carbocycles. The van der Waals surface area contributed by atoms with Crippen LogP contribution in [0.25, 0.3) is 33.4 Å². The standard InChI is InChI=1S/C24H12.3Y/c1-3-9-19(10-4-1)20-15-17-22(18-16-20)24-14-8-7-13-23(24)21-11-5-2-6-12-21;;;/h1-9,11,15,18H;;;/q-6;;;. The van der Waals surface area contributed by atoms with Crippen molar-refractivity contribution in [2.45, 2.75) is 0 Å². The third kappa shape index (κ3) is 6.33. The molecular formula is C24H12Y3-6. The molecule has 3 heteroatoms. The summed E-state index contributed by atoms with van der Waals surface area (Å²) in [5, 5.41) is 0. The van der Waals surface area contributed by atoms with Crippen molar-refractivity contribution in [3.63, 3.8) is 0 Å². The normalized spacial score (nSPS) is 9.33. The van der Waals surface area contributed by atoms with Crippen LogP contribution >= 0.6 is 0 Å². The van der Waals surface area contributed by atoms with Gasteiger partial charge in [0.25, 0.3) is 0 Å². The van der Waals surface area contributed by atoms with Crippen LogP contribution in [0.3, 0.4) is 0 Å². The molecule has 0 bridgehead atoms. The molecule has 0 aromatic heterocycles. The van der Waals surface area contributed by atoms with E-state index >= 15 is 0 Å². The van der Waals surface area contributed by atoms with Gasteiger partial charge in [0.05, 0.1) is 0 Å². The molecule has 0 saturated carbocycles. The van der Waals surface area contributed by atoms with Crippen LogP contribution in [-0.2, 0) is 98.1 Å². The molecule has 0 fully saturated rings. The minimum Gasteiger partial charge on any atom is -0.249 e. The van der Waals surface area contributed by atoms with Gasteiger partial charge in [-0.3, -0.25) is 0 Å². The maximum Gasteiger partial charge on any atom is 0 e. The first-order valence-corrected chi connectivity index (χ1v) is 7.72. The summed E-state index contributed by atoms with van der Waals surface area (Å²) < 4.78 is 0. The van der Waals surface area contributed by atoms with Crippen molar-refractivity contribution in [3.05, 3.63) is 109 Å². The zero-order valence-corrected chi connectivity index (χ0v) is 23.2. The van der Waals surface area contributed by atoms with Crippen molar-refractivity contribution < 1.29 is 98.1 Å². The average molecular weight is 567 g/mol. The molecule has 0 nitrogen and oxygen atoms in total. The van der Waals surface area contributed by atoms with Gasteiger partial charge in [0.1, 0.15) is 0 Å². The maximum absolute atomic E-state index is 3.35. The molecule has 0 atom stereocenters. The van der Waals surface area contributed by atoms with Crippen molar-refractivity contribution in [1.29, 1.82) is 0 Å². The van der Waals surface area contributed by atoms with Gasteiger partial charge in [-0.15, -0.1) is 12.1 Å². The molecule has 0 amide bonds. The first-order chi connectivity index (χ1) is 11.9. The molecule has 0 aliphatic carbocycles. The number of hydrogen-bond acceptors (Lipinski definition) is 0. The monoisotopic (exact) mass is 567 g/mol. The van der Waals surface area contributed by atoms with Crippen LogP contribution in [-0.4, -0.2) is 0 Å². The van der Waals surface area contributed by atoms with Crippen molar-refractivity contribution in [2.24, 2.45) is 0 Å². The van der Waals surface area contributed by atoms with Gasteiger partial charge in [-0.1, -0.05) is 0 Å². The molecule has 0 aliphatic rings. The molecule has 0 saturated heterocycles. The van der Waals surface area contributed by atoms with Gasteiger partial charge in [-0.05, 0) is 0 Å². The predicted octanol–water partition coefficient (Wildman–Crippen LogP) is 5.48. The minimum atomic E-state index is 0. The second-order valence-electron chi connectivity index (χ2n) is 5.33. The van der Waals surface area contributed by atoms with E-state index in [1.165, 1.54) is 0 Å². The van der Waals surface area contributed by atoms with Crippen molar-refractivity contribution >= 4 is 0 Å². The van der Waals surface area contributed by atoms with Gasteiger partial charge < -0.3 is 0 Å². The minimum absolute atomic E-state index is 0. The fraction of sp³-hybridized carbons (Fsp3) is 0. The maximum atomic E-state index is 3.35. The molecule has 0 aliphatic heterocycles. The summed E-state index contributed by atoms with van der Waals surface area (Å²) in [6.45, 7) is 0. The van der Waals surface area contributed by atoms with Gasteiger partial charge in [-0.2, -0.15) is 48.5 Å². The molecule has 27 heavy (non-hydrogen) atoms. The van der Waals surface area contributed by atoms with Crippen molar-refractivity contribution in [2.75, 3.05) is 0 Å². The van der Waals surface area contributed by atoms with E-state index in [0.717, 1.165) is 33.4 Å². The molecule has 0 heterocycles. The molecule has 0 unspecified atom stereocenters. The Morgan fingerprint density at radius 2 is 0.926 bits per heavy atom. The molecule has 3 radical (unpaired) electrons. The van der Waals surface area contributed by atoms with Crippen molar-refractivity contribution in [1.82, 2.24) is 0 Å². The van der Waals surface area contributed by atoms with E-state index in [2.05, 4.69) is 36.4 Å². The van der Waals surface area contributed by atoms with Crippen LogP contribution < -0.4 is 0 Å². The number of rotatable bonds is 3. The second-order valence-corrected chi connectivity index (χ2v) is 5.33. The topological polar surface area (TPSA) is 0 Å². The Kier molecular flexibility index (Phi) is 11.9. The predicted molar refractivity (Wildman–Crippen MR) is 95.8 cm³/mol. The molecule has 4 aromatic rings. The smallest absolute Gasteiger partial charge is 0 e. The van der Waals surface area contributed by atoms with Gasteiger partial charge in [0.2, 0.25) is 0 Å². The summed E-state index contributed by atoms with van der Waals surface area (Å²) in [6.07, 6.45) is 0. The van der Waals surface area contributed by atoms with Gasteiger partial charge in [-0.25, -0.2) is 81.9 Å². The SMILES string of the molecule is [Y].[Y].[Y].[c-]1cc(-c2[c-]cc[c-]c2-c2[c-]cccc2)[c-]cc1-c1[c-]cccc1. The van der Waals surface area contributed by atoms with Crippen LogP contribution in [0, 0.1) is 36.4 Å². The fourth-order valence-electron chi connectivity index (χ4n) is 2.61.